The molecule has 1 N–H and O–H groups in total. The molecule has 3 aliphatic heterocycles. The Morgan fingerprint density at radius 2 is 1.79 bits per heavy atom. The van der Waals surface area contributed by atoms with E-state index in [4.69, 9.17) is 33.2 Å². The van der Waals surface area contributed by atoms with Gasteiger partial charge in [-0.05, 0) is 39.7 Å². The van der Waals surface area contributed by atoms with E-state index in [2.05, 4.69) is 5.32 Å². The van der Waals surface area contributed by atoms with Gasteiger partial charge in [0.15, 0.2) is 30.1 Å². The van der Waals surface area contributed by atoms with Crippen LogP contribution in [0.1, 0.15) is 46.1 Å². The van der Waals surface area contributed by atoms with Crippen molar-refractivity contribution in [2.45, 2.75) is 89.4 Å². The SMILES string of the molecule is CC1(C)OC2OC([C@@H]3COC(C)(C)O3)C(OC(=O)CCCNC(=O)OCc3ccccc3)C2O1. The second kappa shape index (κ2) is 10.2. The standard InChI is InChI=1S/C24H33NO9/c1-23(2)29-14-16(32-23)18-19(20-21(31-18)34-24(3,4)33-20)30-17(26)11-8-12-25-22(27)28-13-15-9-6-5-7-10-15/h5-7,9-10,16,18-21H,8,11-14H2,1-4H3,(H,25,27)/t16-,18?,19?,20?,21?/m0/s1. The lowest BCUT2D eigenvalue weighted by atomic mass is 10.1. The van der Waals surface area contributed by atoms with Crippen LogP contribution < -0.4 is 5.32 Å². The minimum atomic E-state index is -0.846. The third-order valence-electron chi connectivity index (χ3n) is 5.73. The summed E-state index contributed by atoms with van der Waals surface area (Å²) in [6, 6.07) is 9.39. The molecule has 3 aliphatic rings. The zero-order chi connectivity index (χ0) is 24.3. The van der Waals surface area contributed by atoms with E-state index in [0.717, 1.165) is 5.56 Å². The number of carbonyl (C=O) groups excluding carboxylic acids is 2. The first-order chi connectivity index (χ1) is 16.1. The van der Waals surface area contributed by atoms with Gasteiger partial charge in [-0.25, -0.2) is 4.79 Å². The molecule has 10 nitrogen and oxygen atoms in total. The number of nitrogens with one attached hydrogen (secondary N) is 1. The highest BCUT2D eigenvalue weighted by molar-refractivity contribution is 5.70. The highest BCUT2D eigenvalue weighted by Crippen LogP contribution is 2.42. The first-order valence-corrected chi connectivity index (χ1v) is 11.6. The summed E-state index contributed by atoms with van der Waals surface area (Å²) in [6.07, 6.45) is -2.97. The summed E-state index contributed by atoms with van der Waals surface area (Å²) in [5.74, 6) is -2.02. The smallest absolute Gasteiger partial charge is 0.407 e. The van der Waals surface area contributed by atoms with Crippen LogP contribution in [0.5, 0.6) is 0 Å². The van der Waals surface area contributed by atoms with Crippen LogP contribution in [0.15, 0.2) is 30.3 Å². The number of rotatable bonds is 8. The molecule has 0 spiro atoms. The van der Waals surface area contributed by atoms with Crippen LogP contribution in [0.4, 0.5) is 4.79 Å². The minimum Gasteiger partial charge on any atom is -0.456 e. The summed E-state index contributed by atoms with van der Waals surface area (Å²) in [4.78, 5) is 24.4. The maximum Gasteiger partial charge on any atom is 0.407 e. The number of carbonyl (C=O) groups is 2. The van der Waals surface area contributed by atoms with E-state index in [-0.39, 0.29) is 19.6 Å². The van der Waals surface area contributed by atoms with E-state index in [9.17, 15) is 9.59 Å². The second-order valence-corrected chi connectivity index (χ2v) is 9.48. The Morgan fingerprint density at radius 1 is 1.03 bits per heavy atom. The molecule has 1 aromatic carbocycles. The van der Waals surface area contributed by atoms with Crippen molar-refractivity contribution in [2.24, 2.45) is 0 Å². The van der Waals surface area contributed by atoms with E-state index >= 15 is 0 Å². The van der Waals surface area contributed by atoms with Gasteiger partial charge in [-0.15, -0.1) is 0 Å². The average Bonchev–Trinajstić information content (AvgIpc) is 3.40. The van der Waals surface area contributed by atoms with Crippen LogP contribution >= 0.6 is 0 Å². The molecule has 1 aromatic rings. The predicted molar refractivity (Wildman–Crippen MR) is 117 cm³/mol. The fourth-order valence-corrected chi connectivity index (χ4v) is 4.22. The van der Waals surface area contributed by atoms with E-state index < -0.39 is 54.3 Å². The van der Waals surface area contributed by atoms with Gasteiger partial charge in [-0.3, -0.25) is 4.79 Å². The van der Waals surface area contributed by atoms with Gasteiger partial charge in [0.2, 0.25) is 0 Å². The Balaban J connectivity index is 1.23. The Kier molecular flexibility index (Phi) is 7.44. The first kappa shape index (κ1) is 24.9. The Bertz CT molecular complexity index is 859. The van der Waals surface area contributed by atoms with Crippen molar-refractivity contribution in [1.82, 2.24) is 5.32 Å². The van der Waals surface area contributed by atoms with Gasteiger partial charge in [0, 0.05) is 13.0 Å². The first-order valence-electron chi connectivity index (χ1n) is 11.6. The summed E-state index contributed by atoms with van der Waals surface area (Å²) >= 11 is 0. The maximum absolute atomic E-state index is 12.6. The van der Waals surface area contributed by atoms with Crippen molar-refractivity contribution >= 4 is 12.1 Å². The van der Waals surface area contributed by atoms with Gasteiger partial charge in [0.25, 0.3) is 0 Å². The van der Waals surface area contributed by atoms with Crippen molar-refractivity contribution in [1.29, 1.82) is 0 Å². The Morgan fingerprint density at radius 3 is 2.50 bits per heavy atom. The second-order valence-electron chi connectivity index (χ2n) is 9.48. The number of ether oxygens (including phenoxy) is 7. The lowest BCUT2D eigenvalue weighted by Gasteiger charge is -2.28. The zero-order valence-electron chi connectivity index (χ0n) is 20.0. The van der Waals surface area contributed by atoms with Gasteiger partial charge in [-0.1, -0.05) is 30.3 Å². The molecule has 0 bridgehead atoms. The lowest BCUT2D eigenvalue weighted by Crippen LogP contribution is -2.45. The number of esters is 1. The van der Waals surface area contributed by atoms with Gasteiger partial charge < -0.3 is 38.5 Å². The van der Waals surface area contributed by atoms with Crippen LogP contribution in [0.25, 0.3) is 0 Å². The van der Waals surface area contributed by atoms with E-state index in [0.29, 0.717) is 13.0 Å². The molecule has 3 fully saturated rings. The van der Waals surface area contributed by atoms with Crippen molar-refractivity contribution in [3.63, 3.8) is 0 Å². The molecule has 5 atom stereocenters. The monoisotopic (exact) mass is 479 g/mol. The van der Waals surface area contributed by atoms with Gasteiger partial charge in [0.1, 0.15) is 18.8 Å². The van der Waals surface area contributed by atoms with Crippen molar-refractivity contribution in [3.8, 4) is 0 Å². The van der Waals surface area contributed by atoms with Crippen molar-refractivity contribution < 1.29 is 42.7 Å². The third-order valence-corrected chi connectivity index (χ3v) is 5.73. The fourth-order valence-electron chi connectivity index (χ4n) is 4.22. The summed E-state index contributed by atoms with van der Waals surface area (Å²) < 4.78 is 40.3. The van der Waals surface area contributed by atoms with Gasteiger partial charge in [-0.2, -0.15) is 0 Å². The number of hydrogen-bond donors (Lipinski definition) is 1. The van der Waals surface area contributed by atoms with E-state index in [1.807, 2.05) is 44.2 Å². The maximum atomic E-state index is 12.6. The molecule has 188 valence electrons. The molecule has 3 saturated heterocycles. The molecule has 0 saturated carbocycles. The molecule has 3 heterocycles. The Labute approximate surface area is 199 Å². The van der Waals surface area contributed by atoms with E-state index in [1.165, 1.54) is 0 Å². The molecule has 10 heteroatoms. The average molecular weight is 480 g/mol. The van der Waals surface area contributed by atoms with Crippen LogP contribution in [-0.4, -0.2) is 67.5 Å². The minimum absolute atomic E-state index is 0.108. The predicted octanol–water partition coefficient (Wildman–Crippen LogP) is 2.63. The number of alkyl carbamates (subject to hydrolysis) is 1. The number of hydrogen-bond acceptors (Lipinski definition) is 9. The molecule has 34 heavy (non-hydrogen) atoms. The van der Waals surface area contributed by atoms with Crippen molar-refractivity contribution in [3.05, 3.63) is 35.9 Å². The highest BCUT2D eigenvalue weighted by atomic mass is 16.8. The third kappa shape index (κ3) is 6.25. The molecule has 4 unspecified atom stereocenters. The summed E-state index contributed by atoms with van der Waals surface area (Å²) in [6.45, 7) is 7.97. The summed E-state index contributed by atoms with van der Waals surface area (Å²) in [5, 5.41) is 2.64. The zero-order valence-corrected chi connectivity index (χ0v) is 20.0. The largest absolute Gasteiger partial charge is 0.456 e. The summed E-state index contributed by atoms with van der Waals surface area (Å²) in [7, 11) is 0. The van der Waals surface area contributed by atoms with Gasteiger partial charge >= 0.3 is 12.1 Å². The Hall–Kier alpha value is -2.24. The van der Waals surface area contributed by atoms with Crippen LogP contribution in [0.3, 0.4) is 0 Å². The molecule has 0 aliphatic carbocycles. The number of benzene rings is 1. The molecule has 0 radical (unpaired) electrons. The quantitative estimate of drug-likeness (QED) is 0.444. The summed E-state index contributed by atoms with van der Waals surface area (Å²) in [5.41, 5.74) is 0.897. The molecule has 0 aromatic heterocycles. The van der Waals surface area contributed by atoms with Crippen LogP contribution in [0, 0.1) is 0 Å². The molecular formula is C24H33NO9. The molecular weight excluding hydrogens is 446 g/mol. The topological polar surface area (TPSA) is 111 Å². The van der Waals surface area contributed by atoms with Crippen LogP contribution in [0.2, 0.25) is 0 Å². The van der Waals surface area contributed by atoms with Gasteiger partial charge in [0.05, 0.1) is 6.61 Å². The van der Waals surface area contributed by atoms with E-state index in [1.54, 1.807) is 13.8 Å². The van der Waals surface area contributed by atoms with Crippen molar-refractivity contribution in [2.75, 3.05) is 13.2 Å². The molecule has 4 rings (SSSR count). The van der Waals surface area contributed by atoms with Crippen LogP contribution in [-0.2, 0) is 44.6 Å². The normalized spacial score (nSPS) is 31.1. The number of amides is 1. The molecule has 1 amide bonds. The number of fused-ring (bicyclic) bond motifs is 1. The fraction of sp³-hybridized carbons (Fsp3) is 0.667. The lowest BCUT2D eigenvalue weighted by molar-refractivity contribution is -0.235. The highest BCUT2D eigenvalue weighted by Gasteiger charge is 2.59.